The Morgan fingerprint density at radius 3 is 1.80 bits per heavy atom. The number of nitrogens with one attached hydrogen (secondary N) is 1. The van der Waals surface area contributed by atoms with E-state index in [-0.39, 0.29) is 152 Å². The number of anilines is 3. The zero-order chi connectivity index (χ0) is 45.4. The van der Waals surface area contributed by atoms with Crippen LogP contribution < -0.4 is 140 Å². The zero-order valence-corrected chi connectivity index (χ0v) is 46.8. The molecule has 4 aromatic rings. The van der Waals surface area contributed by atoms with Crippen LogP contribution in [0.15, 0.2) is 113 Å². The number of azo groups is 2. The van der Waals surface area contributed by atoms with Gasteiger partial charge in [-0.15, -0.1) is 19.7 Å². The summed E-state index contributed by atoms with van der Waals surface area (Å²) in [7, 11) is -24.4. The van der Waals surface area contributed by atoms with Gasteiger partial charge in [-0.25, -0.2) is 42.1 Å². The average molecular weight is 1060 g/mol. The van der Waals surface area contributed by atoms with Crippen LogP contribution in [-0.2, 0) is 68.0 Å². The largest absolute Gasteiger partial charge is 1.00 e. The molecule has 0 fully saturated rings. The normalized spacial score (nSPS) is 12.1. The number of rotatable bonds is 20. The number of nitrogen functional groups attached to an aromatic ring is 2. The molecule has 330 valence electrons. The molecule has 0 aromatic heterocycles. The number of carbonyl (C=O) groups excluding carboxylic acids is 1. The second-order valence-electron chi connectivity index (χ2n) is 11.4. The van der Waals surface area contributed by atoms with Gasteiger partial charge in [0.25, 0.3) is 5.91 Å². The Balaban J connectivity index is 0.0000102. The van der Waals surface area contributed by atoms with E-state index >= 15 is 0 Å². The molecule has 0 aliphatic rings. The van der Waals surface area contributed by atoms with Gasteiger partial charge < -0.3 is 35.7 Å². The van der Waals surface area contributed by atoms with Crippen LogP contribution in [-0.4, -0.2) is 86.4 Å². The molecule has 0 spiro atoms. The standard InChI is InChI=1S/C29H29N7O19S6.4Na/c30-26-23(35-34-22-9-8-21(15-24(22)59(43,44)45)58(41,42)12-10-52-56-55-54-38)16-25(60(46,47)48)27(31)28(26)36-33-19-3-1-2-17(14-19)29(37)32-18-4-6-20(7-5-18)57(39,40)13-11-53-61(49,50)51;;;;/h1-9,14-16,38H,10-13,30-31H2,(H,32,37)(H,43,44,45)(H,46,47,48)(H,49,50,51);;;;/q;4*+1/p-4. The van der Waals surface area contributed by atoms with Crippen molar-refractivity contribution in [2.45, 2.75) is 19.6 Å². The molecule has 36 heteroatoms. The molecular formula is C29H25N7Na4O19S6. The third-order valence-corrected chi connectivity index (χ3v) is 13.3. The first-order valence-electron chi connectivity index (χ1n) is 15.8. The van der Waals surface area contributed by atoms with E-state index in [1.54, 1.807) is 0 Å². The maximum Gasteiger partial charge on any atom is 1.00 e. The average Bonchev–Trinajstić information content (AvgIpc) is 3.16. The van der Waals surface area contributed by atoms with Crippen LogP contribution in [0.25, 0.3) is 0 Å². The maximum atomic E-state index is 13.0. The van der Waals surface area contributed by atoms with Crippen molar-refractivity contribution in [1.29, 1.82) is 0 Å². The van der Waals surface area contributed by atoms with Gasteiger partial charge in [-0.2, -0.15) is 5.11 Å². The van der Waals surface area contributed by atoms with E-state index in [2.05, 4.69) is 43.5 Å². The zero-order valence-electron chi connectivity index (χ0n) is 33.9. The van der Waals surface area contributed by atoms with E-state index in [0.717, 1.165) is 24.3 Å². The molecule has 0 aliphatic heterocycles. The van der Waals surface area contributed by atoms with E-state index in [1.807, 2.05) is 0 Å². The van der Waals surface area contributed by atoms with Gasteiger partial charge in [0.1, 0.15) is 37.3 Å². The Morgan fingerprint density at radius 1 is 0.646 bits per heavy atom. The molecule has 65 heavy (non-hydrogen) atoms. The molecule has 4 aromatic carbocycles. The number of hydrogen-bond acceptors (Lipinski definition) is 26. The Kier molecular flexibility index (Phi) is 26.9. The van der Waals surface area contributed by atoms with Gasteiger partial charge in [-0.1, -0.05) is 6.07 Å². The van der Waals surface area contributed by atoms with Gasteiger partial charge in [-0.3, -0.25) is 18.2 Å². The minimum Gasteiger partial charge on any atom is -0.744 e. The predicted octanol–water partition coefficient (Wildman–Crippen LogP) is -10.4. The van der Waals surface area contributed by atoms with Crippen molar-refractivity contribution in [2.75, 3.05) is 41.5 Å². The first-order chi connectivity index (χ1) is 28.3. The fourth-order valence-electron chi connectivity index (χ4n) is 4.59. The molecule has 0 heterocycles. The molecule has 5 N–H and O–H groups in total. The first-order valence-corrected chi connectivity index (χ1v) is 23.9. The summed E-state index contributed by atoms with van der Waals surface area (Å²) in [6.07, 6.45) is 0. The Bertz CT molecular complexity index is 2950. The van der Waals surface area contributed by atoms with Crippen molar-refractivity contribution in [3.63, 3.8) is 0 Å². The van der Waals surface area contributed by atoms with E-state index in [0.29, 0.717) is 12.1 Å². The summed E-state index contributed by atoms with van der Waals surface area (Å²) in [6, 6.07) is 12.4. The quantitative estimate of drug-likeness (QED) is 0.00851. The fourth-order valence-corrected chi connectivity index (χ4v) is 8.84. The second-order valence-corrected chi connectivity index (χ2v) is 19.9. The van der Waals surface area contributed by atoms with E-state index in [1.165, 1.54) is 36.4 Å². The van der Waals surface area contributed by atoms with Gasteiger partial charge in [0.2, 0.25) is 10.4 Å². The van der Waals surface area contributed by atoms with E-state index in [9.17, 15) is 65.8 Å². The molecule has 0 aliphatic carbocycles. The van der Waals surface area contributed by atoms with Crippen LogP contribution in [0.1, 0.15) is 10.4 Å². The number of benzene rings is 4. The summed E-state index contributed by atoms with van der Waals surface area (Å²) in [4.78, 5) is 9.71. The van der Waals surface area contributed by atoms with Crippen molar-refractivity contribution >= 4 is 108 Å². The number of amides is 1. The summed E-state index contributed by atoms with van der Waals surface area (Å²) in [5.41, 5.74) is 8.50. The Hall–Kier alpha value is -1.07. The van der Waals surface area contributed by atoms with Crippen LogP contribution in [0.4, 0.5) is 39.8 Å². The van der Waals surface area contributed by atoms with Crippen LogP contribution in [0.3, 0.4) is 0 Å². The minimum atomic E-state index is -5.47. The summed E-state index contributed by atoms with van der Waals surface area (Å²) in [6.45, 7) is -1.50. The fraction of sp³-hybridized carbons (Fsp3) is 0.138. The summed E-state index contributed by atoms with van der Waals surface area (Å²) < 4.78 is 167. The Labute approximate surface area is 463 Å². The van der Waals surface area contributed by atoms with Crippen molar-refractivity contribution in [1.82, 2.24) is 0 Å². The van der Waals surface area contributed by atoms with Gasteiger partial charge >= 0.3 is 118 Å². The maximum absolute atomic E-state index is 13.0. The number of carbonyl (C=O) groups is 1. The Morgan fingerprint density at radius 2 is 1.22 bits per heavy atom. The van der Waals surface area contributed by atoms with Crippen molar-refractivity contribution in [3.05, 3.63) is 78.4 Å². The van der Waals surface area contributed by atoms with Crippen LogP contribution >= 0.6 is 12.3 Å². The van der Waals surface area contributed by atoms with Gasteiger partial charge in [0.05, 0.1) is 61.4 Å². The van der Waals surface area contributed by atoms with Crippen molar-refractivity contribution < 1.29 is 202 Å². The van der Waals surface area contributed by atoms with Crippen LogP contribution in [0.2, 0.25) is 0 Å². The molecule has 0 saturated carbocycles. The van der Waals surface area contributed by atoms with E-state index < -0.39 is 124 Å². The van der Waals surface area contributed by atoms with Crippen molar-refractivity contribution in [3.8, 4) is 0 Å². The SMILES string of the molecule is Nc1c(N=Nc2ccc(S(=O)(=O)CCOSOO[O-])cc2S(=O)(=O)[O-])cc(S(=O)(=O)[O-])c(N)c1N=Nc1cccc(C(=O)Nc2ccc(S(=O)(=O)CCOS(=O)(=O)[O-])cc2)c1.[Na+].[Na+].[Na+].[Na+]. The van der Waals surface area contributed by atoms with Crippen molar-refractivity contribution in [2.24, 2.45) is 20.5 Å². The summed E-state index contributed by atoms with van der Waals surface area (Å²) in [5.74, 6) is -2.38. The molecule has 26 nitrogen and oxygen atoms in total. The molecule has 1 amide bonds. The molecule has 4 rings (SSSR count). The third-order valence-electron chi connectivity index (χ3n) is 7.38. The topological polar surface area (TPSA) is 430 Å². The minimum absolute atomic E-state index is 0. The monoisotopic (exact) mass is 1060 g/mol. The molecule has 0 radical (unpaired) electrons. The smallest absolute Gasteiger partial charge is 0.744 e. The molecule has 0 atom stereocenters. The van der Waals surface area contributed by atoms with Crippen LogP contribution in [0, 0.1) is 0 Å². The van der Waals surface area contributed by atoms with Gasteiger partial charge in [-0.05, 0) is 66.7 Å². The molecule has 0 bridgehead atoms. The third kappa shape index (κ3) is 19.3. The predicted molar refractivity (Wildman–Crippen MR) is 202 cm³/mol. The number of nitrogens with zero attached hydrogens (tertiary/aromatic N) is 4. The van der Waals surface area contributed by atoms with Crippen LogP contribution in [0.5, 0.6) is 0 Å². The first kappa shape index (κ1) is 63.9. The number of nitrogens with two attached hydrogens (primary N) is 2. The number of sulfone groups is 2. The summed E-state index contributed by atoms with van der Waals surface area (Å²) in [5, 5.41) is 30.3. The van der Waals surface area contributed by atoms with Gasteiger partial charge in [0, 0.05) is 11.3 Å². The van der Waals surface area contributed by atoms with E-state index in [4.69, 9.17) is 11.5 Å². The molecule has 0 saturated heterocycles. The second kappa shape index (κ2) is 27.4. The molecule has 0 unspecified atom stereocenters. The summed E-state index contributed by atoms with van der Waals surface area (Å²) >= 11 is 0.00885. The molecular weight excluding hydrogens is 1030 g/mol. The number of hydrogen-bond donors (Lipinski definition) is 3. The van der Waals surface area contributed by atoms with Gasteiger partial charge in [0.15, 0.2) is 32.0 Å².